The third kappa shape index (κ3) is 3.09. The lowest BCUT2D eigenvalue weighted by molar-refractivity contribution is -0.120. The minimum Gasteiger partial charge on any atom is -0.497 e. The molecule has 0 aromatic heterocycles. The Bertz CT molecular complexity index is 730. The summed E-state index contributed by atoms with van der Waals surface area (Å²) in [6.45, 7) is 1.97. The van der Waals surface area contributed by atoms with E-state index in [2.05, 4.69) is 5.32 Å². The van der Waals surface area contributed by atoms with Gasteiger partial charge in [0.25, 0.3) is 0 Å². The van der Waals surface area contributed by atoms with Crippen LogP contribution in [0.5, 0.6) is 5.75 Å². The summed E-state index contributed by atoms with van der Waals surface area (Å²) in [6, 6.07) is 16.8. The zero-order valence-electron chi connectivity index (χ0n) is 14.4. The first-order valence-electron chi connectivity index (χ1n) is 8.43. The van der Waals surface area contributed by atoms with Crippen LogP contribution in [0.25, 0.3) is 0 Å². The van der Waals surface area contributed by atoms with E-state index in [4.69, 9.17) is 4.74 Å². The molecule has 0 aliphatic carbocycles. The van der Waals surface area contributed by atoms with Gasteiger partial charge >= 0.3 is 0 Å². The van der Waals surface area contributed by atoms with E-state index < -0.39 is 0 Å². The molecule has 1 fully saturated rings. The van der Waals surface area contributed by atoms with Gasteiger partial charge in [0.05, 0.1) is 25.1 Å². The van der Waals surface area contributed by atoms with E-state index in [0.29, 0.717) is 12.8 Å². The Balaban J connectivity index is 2.08. The van der Waals surface area contributed by atoms with E-state index in [1.807, 2.05) is 61.5 Å². The van der Waals surface area contributed by atoms with Gasteiger partial charge in [0.2, 0.25) is 12.3 Å². The van der Waals surface area contributed by atoms with Crippen molar-refractivity contribution in [1.82, 2.24) is 5.32 Å². The summed E-state index contributed by atoms with van der Waals surface area (Å²) in [5, 5.41) is 2.88. The number of rotatable bonds is 6. The SMILES string of the molecule is CC[C@@H]1C(=O)N(c2ccc(OC)cc2)[C@H](c2ccccc2)[C@H]1NC=O. The van der Waals surface area contributed by atoms with E-state index in [0.717, 1.165) is 17.0 Å². The second-order valence-corrected chi connectivity index (χ2v) is 6.09. The number of ether oxygens (including phenoxy) is 1. The molecule has 0 saturated carbocycles. The molecule has 0 unspecified atom stereocenters. The predicted octanol–water partition coefficient (Wildman–Crippen LogP) is 2.92. The second-order valence-electron chi connectivity index (χ2n) is 6.09. The predicted molar refractivity (Wildman–Crippen MR) is 96.4 cm³/mol. The summed E-state index contributed by atoms with van der Waals surface area (Å²) < 4.78 is 5.21. The Morgan fingerprint density at radius 1 is 1.12 bits per heavy atom. The fraction of sp³-hybridized carbons (Fsp3) is 0.300. The monoisotopic (exact) mass is 338 g/mol. The first kappa shape index (κ1) is 17.0. The molecule has 0 bridgehead atoms. The Morgan fingerprint density at radius 3 is 2.36 bits per heavy atom. The summed E-state index contributed by atoms with van der Waals surface area (Å²) >= 11 is 0. The van der Waals surface area contributed by atoms with Crippen molar-refractivity contribution in [3.63, 3.8) is 0 Å². The number of nitrogens with one attached hydrogen (secondary N) is 1. The molecule has 2 amide bonds. The number of hydrogen-bond donors (Lipinski definition) is 1. The van der Waals surface area contributed by atoms with Crippen molar-refractivity contribution in [1.29, 1.82) is 0 Å². The Labute approximate surface area is 147 Å². The Hall–Kier alpha value is -2.82. The fourth-order valence-corrected chi connectivity index (χ4v) is 3.60. The number of carbonyl (C=O) groups is 2. The lowest BCUT2D eigenvalue weighted by atomic mass is 9.92. The number of anilines is 1. The van der Waals surface area contributed by atoms with Crippen LogP contribution in [0.15, 0.2) is 54.6 Å². The van der Waals surface area contributed by atoms with Crippen LogP contribution in [0.1, 0.15) is 24.9 Å². The van der Waals surface area contributed by atoms with Crippen LogP contribution in [-0.4, -0.2) is 25.5 Å². The molecule has 2 aromatic carbocycles. The quantitative estimate of drug-likeness (QED) is 0.824. The topological polar surface area (TPSA) is 58.6 Å². The normalized spacial score (nSPS) is 22.7. The van der Waals surface area contributed by atoms with Crippen molar-refractivity contribution in [2.75, 3.05) is 12.0 Å². The van der Waals surface area contributed by atoms with Gasteiger partial charge in [-0.3, -0.25) is 9.59 Å². The number of hydrogen-bond acceptors (Lipinski definition) is 3. The van der Waals surface area contributed by atoms with Crippen molar-refractivity contribution >= 4 is 18.0 Å². The van der Waals surface area contributed by atoms with Gasteiger partial charge in [-0.2, -0.15) is 0 Å². The van der Waals surface area contributed by atoms with E-state index in [1.165, 1.54) is 0 Å². The zero-order chi connectivity index (χ0) is 17.8. The smallest absolute Gasteiger partial charge is 0.232 e. The molecule has 1 aliphatic heterocycles. The highest BCUT2D eigenvalue weighted by molar-refractivity contribution is 5.99. The standard InChI is InChI=1S/C20H22N2O3/c1-3-17-18(21-13-23)19(14-7-5-4-6-8-14)22(20(17)24)15-9-11-16(25-2)12-10-15/h4-13,17-19H,3H2,1-2H3,(H,21,23)/t17-,18-,19+/m0/s1. The first-order chi connectivity index (χ1) is 12.2. The second kappa shape index (κ2) is 7.38. The van der Waals surface area contributed by atoms with Crippen LogP contribution >= 0.6 is 0 Å². The minimum absolute atomic E-state index is 0.0286. The van der Waals surface area contributed by atoms with Crippen molar-refractivity contribution in [2.45, 2.75) is 25.4 Å². The van der Waals surface area contributed by atoms with E-state index in [-0.39, 0.29) is 23.9 Å². The molecule has 2 aromatic rings. The van der Waals surface area contributed by atoms with Crippen LogP contribution in [0, 0.1) is 5.92 Å². The lowest BCUT2D eigenvalue weighted by Crippen LogP contribution is -2.38. The Kier molecular flexibility index (Phi) is 5.03. The average molecular weight is 338 g/mol. The van der Waals surface area contributed by atoms with Crippen LogP contribution in [0.2, 0.25) is 0 Å². The molecule has 3 rings (SSSR count). The Morgan fingerprint density at radius 2 is 1.80 bits per heavy atom. The van der Waals surface area contributed by atoms with Crippen LogP contribution in [0.3, 0.4) is 0 Å². The highest BCUT2D eigenvalue weighted by Crippen LogP contribution is 2.41. The number of amides is 2. The molecule has 3 atom stereocenters. The molecule has 1 aliphatic rings. The largest absolute Gasteiger partial charge is 0.497 e. The number of nitrogens with zero attached hydrogens (tertiary/aromatic N) is 1. The van der Waals surface area contributed by atoms with E-state index >= 15 is 0 Å². The van der Waals surface area contributed by atoms with Gasteiger partial charge < -0.3 is 15.0 Å². The van der Waals surface area contributed by atoms with Gasteiger partial charge in [-0.05, 0) is 36.2 Å². The van der Waals surface area contributed by atoms with Crippen LogP contribution in [0.4, 0.5) is 5.69 Å². The molecule has 25 heavy (non-hydrogen) atoms. The third-order valence-corrected chi connectivity index (χ3v) is 4.80. The van der Waals surface area contributed by atoms with Gasteiger partial charge in [0.15, 0.2) is 0 Å². The zero-order valence-corrected chi connectivity index (χ0v) is 14.4. The van der Waals surface area contributed by atoms with Gasteiger partial charge in [-0.1, -0.05) is 37.3 Å². The molecular formula is C20H22N2O3. The molecule has 1 saturated heterocycles. The van der Waals surface area contributed by atoms with Crippen LogP contribution < -0.4 is 15.0 Å². The highest BCUT2D eigenvalue weighted by Gasteiger charge is 2.48. The molecule has 5 nitrogen and oxygen atoms in total. The van der Waals surface area contributed by atoms with E-state index in [9.17, 15) is 9.59 Å². The fourth-order valence-electron chi connectivity index (χ4n) is 3.60. The third-order valence-electron chi connectivity index (χ3n) is 4.80. The maximum absolute atomic E-state index is 13.1. The molecular weight excluding hydrogens is 316 g/mol. The van der Waals surface area contributed by atoms with Crippen molar-refractivity contribution in [3.05, 3.63) is 60.2 Å². The summed E-state index contributed by atoms with van der Waals surface area (Å²) in [5.74, 6) is 0.514. The van der Waals surface area contributed by atoms with E-state index in [1.54, 1.807) is 12.0 Å². The molecule has 1 heterocycles. The molecule has 0 radical (unpaired) electrons. The molecule has 1 N–H and O–H groups in total. The van der Waals surface area contributed by atoms with Gasteiger partial charge in [-0.25, -0.2) is 0 Å². The summed E-state index contributed by atoms with van der Waals surface area (Å²) in [7, 11) is 1.61. The molecule has 5 heteroatoms. The molecule has 130 valence electrons. The number of carbonyl (C=O) groups excluding carboxylic acids is 2. The summed E-state index contributed by atoms with van der Waals surface area (Å²) in [6.07, 6.45) is 1.36. The van der Waals surface area contributed by atoms with Gasteiger partial charge in [0.1, 0.15) is 5.75 Å². The summed E-state index contributed by atoms with van der Waals surface area (Å²) in [4.78, 5) is 26.1. The van der Waals surface area contributed by atoms with Gasteiger partial charge in [0, 0.05) is 5.69 Å². The minimum atomic E-state index is -0.264. The first-order valence-corrected chi connectivity index (χ1v) is 8.43. The number of benzene rings is 2. The van der Waals surface area contributed by atoms with Crippen molar-refractivity contribution in [2.24, 2.45) is 5.92 Å². The molecule has 0 spiro atoms. The lowest BCUT2D eigenvalue weighted by Gasteiger charge is -2.28. The van der Waals surface area contributed by atoms with Gasteiger partial charge in [-0.15, -0.1) is 0 Å². The van der Waals surface area contributed by atoms with Crippen molar-refractivity contribution in [3.8, 4) is 5.75 Å². The highest BCUT2D eigenvalue weighted by atomic mass is 16.5. The maximum Gasteiger partial charge on any atom is 0.232 e. The summed E-state index contributed by atoms with van der Waals surface area (Å²) in [5.41, 5.74) is 1.80. The number of methoxy groups -OCH3 is 1. The average Bonchev–Trinajstić information content (AvgIpc) is 2.94. The van der Waals surface area contributed by atoms with Crippen LogP contribution in [-0.2, 0) is 9.59 Å². The maximum atomic E-state index is 13.1. The van der Waals surface area contributed by atoms with Crippen molar-refractivity contribution < 1.29 is 14.3 Å².